The number of rotatable bonds is 13. The van der Waals surface area contributed by atoms with Gasteiger partial charge in [-0.05, 0) is 58.5 Å². The summed E-state index contributed by atoms with van der Waals surface area (Å²) in [4.78, 5) is 40.7. The van der Waals surface area contributed by atoms with E-state index in [4.69, 9.17) is 9.47 Å². The van der Waals surface area contributed by atoms with Gasteiger partial charge in [-0.3, -0.25) is 14.4 Å². The second-order valence-corrected chi connectivity index (χ2v) is 24.7. The lowest BCUT2D eigenvalue weighted by atomic mass is 9.75. The molecule has 0 spiro atoms. The van der Waals surface area contributed by atoms with Gasteiger partial charge in [0.15, 0.2) is 0 Å². The third-order valence-corrected chi connectivity index (χ3v) is 10.3. The molecule has 2 unspecified atom stereocenters. The van der Waals surface area contributed by atoms with E-state index in [1.54, 1.807) is 0 Å². The van der Waals surface area contributed by atoms with Crippen LogP contribution in [0.15, 0.2) is 0 Å². The molecule has 198 valence electrons. The van der Waals surface area contributed by atoms with E-state index >= 15 is 0 Å². The average molecular weight is 514 g/mol. The van der Waals surface area contributed by atoms with Gasteiger partial charge in [0.05, 0.1) is 24.0 Å². The molecule has 1 aliphatic heterocycles. The van der Waals surface area contributed by atoms with Crippen LogP contribution >= 0.6 is 0 Å². The summed E-state index contributed by atoms with van der Waals surface area (Å²) in [5, 5.41) is 0. The van der Waals surface area contributed by atoms with E-state index in [0.29, 0.717) is 32.2 Å². The third kappa shape index (κ3) is 9.48. The highest BCUT2D eigenvalue weighted by Gasteiger charge is 2.44. The standard InChI is InChI=1S/C26H51NO5Si2/c1-12-26(4,24(30)32-21(18-33(6,7)8)19-34(9,10)11)17-20(27-15-13-14-22(27)28)16-25(2,3)23(29)31-5/h20-21H,12-19H2,1-11H3. The van der Waals surface area contributed by atoms with Crippen molar-refractivity contribution in [1.29, 1.82) is 0 Å². The zero-order valence-electron chi connectivity index (χ0n) is 23.8. The number of esters is 2. The molecular formula is C26H51NO5Si2. The predicted octanol–water partition coefficient (Wildman–Crippen LogP) is 5.96. The lowest BCUT2D eigenvalue weighted by Gasteiger charge is -2.39. The lowest BCUT2D eigenvalue weighted by Crippen LogP contribution is -2.46. The van der Waals surface area contributed by atoms with Crippen LogP contribution in [0.2, 0.25) is 51.4 Å². The van der Waals surface area contributed by atoms with Crippen LogP contribution < -0.4 is 0 Å². The fourth-order valence-electron chi connectivity index (χ4n) is 5.00. The molecule has 8 heteroatoms. The van der Waals surface area contributed by atoms with Crippen LogP contribution in [-0.4, -0.2) is 64.7 Å². The second-order valence-electron chi connectivity index (χ2n) is 13.6. The number of amides is 1. The number of likely N-dealkylation sites (tertiary alicyclic amines) is 1. The predicted molar refractivity (Wildman–Crippen MR) is 144 cm³/mol. The molecule has 0 aromatic rings. The molecule has 1 aliphatic rings. The number of hydrogen-bond donors (Lipinski definition) is 0. The molecule has 0 radical (unpaired) electrons. The van der Waals surface area contributed by atoms with E-state index in [9.17, 15) is 14.4 Å². The molecule has 1 amide bonds. The highest BCUT2D eigenvalue weighted by Crippen LogP contribution is 2.38. The molecule has 6 nitrogen and oxygen atoms in total. The highest BCUT2D eigenvalue weighted by molar-refractivity contribution is 6.78. The molecule has 0 bridgehead atoms. The number of hydrogen-bond acceptors (Lipinski definition) is 5. The van der Waals surface area contributed by atoms with Crippen LogP contribution in [0.3, 0.4) is 0 Å². The average Bonchev–Trinajstić information content (AvgIpc) is 3.09. The molecule has 1 heterocycles. The Morgan fingerprint density at radius 1 is 0.971 bits per heavy atom. The van der Waals surface area contributed by atoms with Gasteiger partial charge in [-0.2, -0.15) is 0 Å². The maximum Gasteiger partial charge on any atom is 0.312 e. The Kier molecular flexibility index (Phi) is 10.6. The number of carbonyl (C=O) groups excluding carboxylic acids is 3. The Balaban J connectivity index is 3.19. The van der Waals surface area contributed by atoms with E-state index in [2.05, 4.69) is 39.3 Å². The third-order valence-electron chi connectivity index (χ3n) is 6.95. The monoisotopic (exact) mass is 513 g/mol. The molecule has 0 aromatic heterocycles. The molecule has 1 saturated heterocycles. The molecule has 2 atom stereocenters. The van der Waals surface area contributed by atoms with Crippen molar-refractivity contribution in [2.24, 2.45) is 10.8 Å². The van der Waals surface area contributed by atoms with E-state index in [1.807, 2.05) is 32.6 Å². The number of carbonyl (C=O) groups is 3. The maximum absolute atomic E-state index is 13.7. The van der Waals surface area contributed by atoms with E-state index in [-0.39, 0.29) is 30.0 Å². The van der Waals surface area contributed by atoms with Gasteiger partial charge in [0.2, 0.25) is 5.91 Å². The van der Waals surface area contributed by atoms with Gasteiger partial charge < -0.3 is 14.4 Å². The number of ether oxygens (including phenoxy) is 2. The summed E-state index contributed by atoms with van der Waals surface area (Å²) in [6.45, 7) is 22.3. The van der Waals surface area contributed by atoms with Crippen molar-refractivity contribution in [3.8, 4) is 0 Å². The number of methoxy groups -OCH3 is 1. The van der Waals surface area contributed by atoms with Crippen molar-refractivity contribution in [2.45, 2.75) is 123 Å². The maximum atomic E-state index is 13.7. The minimum absolute atomic E-state index is 0.0462. The topological polar surface area (TPSA) is 72.9 Å². The summed E-state index contributed by atoms with van der Waals surface area (Å²) in [5.41, 5.74) is -1.48. The summed E-state index contributed by atoms with van der Waals surface area (Å²) in [5.74, 6) is -0.355. The van der Waals surface area contributed by atoms with Crippen LogP contribution in [0.25, 0.3) is 0 Å². The van der Waals surface area contributed by atoms with Crippen LogP contribution in [-0.2, 0) is 23.9 Å². The normalized spacial score (nSPS) is 18.1. The minimum Gasteiger partial charge on any atom is -0.469 e. The largest absolute Gasteiger partial charge is 0.469 e. The van der Waals surface area contributed by atoms with Crippen molar-refractivity contribution in [3.05, 3.63) is 0 Å². The van der Waals surface area contributed by atoms with E-state index < -0.39 is 27.0 Å². The molecule has 34 heavy (non-hydrogen) atoms. The van der Waals surface area contributed by atoms with Gasteiger partial charge in [0.1, 0.15) is 0 Å². The Hall–Kier alpha value is -1.16. The zero-order chi connectivity index (χ0) is 26.5. The van der Waals surface area contributed by atoms with Gasteiger partial charge >= 0.3 is 11.9 Å². The first-order valence-electron chi connectivity index (χ1n) is 12.9. The fraction of sp³-hybridized carbons (Fsp3) is 0.885. The molecule has 0 saturated carbocycles. The fourth-order valence-corrected chi connectivity index (χ4v) is 8.48. The summed E-state index contributed by atoms with van der Waals surface area (Å²) < 4.78 is 11.3. The van der Waals surface area contributed by atoms with Crippen molar-refractivity contribution in [2.75, 3.05) is 13.7 Å². The Morgan fingerprint density at radius 2 is 1.50 bits per heavy atom. The SMILES string of the molecule is CCC(C)(CC(CC(C)(C)C(=O)OC)N1CCCC1=O)C(=O)OC(C[Si](C)(C)C)C[Si](C)(C)C. The van der Waals surface area contributed by atoms with Gasteiger partial charge in [0, 0.05) is 35.2 Å². The van der Waals surface area contributed by atoms with Gasteiger partial charge in [0.25, 0.3) is 0 Å². The van der Waals surface area contributed by atoms with Gasteiger partial charge in [-0.15, -0.1) is 0 Å². The van der Waals surface area contributed by atoms with Crippen molar-refractivity contribution in [1.82, 2.24) is 4.90 Å². The Bertz CT molecular complexity index is 710. The van der Waals surface area contributed by atoms with Gasteiger partial charge in [-0.25, -0.2) is 0 Å². The van der Waals surface area contributed by atoms with Crippen LogP contribution in [0.5, 0.6) is 0 Å². The van der Waals surface area contributed by atoms with Crippen molar-refractivity contribution >= 4 is 34.0 Å². The van der Waals surface area contributed by atoms with Crippen LogP contribution in [0.1, 0.15) is 59.8 Å². The second kappa shape index (κ2) is 11.7. The van der Waals surface area contributed by atoms with E-state index in [1.165, 1.54) is 7.11 Å². The summed E-state index contributed by atoms with van der Waals surface area (Å²) in [7, 11) is -1.46. The first kappa shape index (κ1) is 30.9. The van der Waals surface area contributed by atoms with Crippen molar-refractivity contribution in [3.63, 3.8) is 0 Å². The zero-order valence-corrected chi connectivity index (χ0v) is 25.8. The molecular weight excluding hydrogens is 462 g/mol. The van der Waals surface area contributed by atoms with Crippen LogP contribution in [0, 0.1) is 10.8 Å². The highest BCUT2D eigenvalue weighted by atomic mass is 28.3. The smallest absolute Gasteiger partial charge is 0.312 e. The van der Waals surface area contributed by atoms with E-state index in [0.717, 1.165) is 18.5 Å². The summed E-state index contributed by atoms with van der Waals surface area (Å²) in [6.07, 6.45) is 2.86. The molecule has 0 N–H and O–H groups in total. The Morgan fingerprint density at radius 3 is 1.88 bits per heavy atom. The molecule has 0 aromatic carbocycles. The minimum atomic E-state index is -1.43. The summed E-state index contributed by atoms with van der Waals surface area (Å²) in [6, 6.07) is 1.72. The summed E-state index contributed by atoms with van der Waals surface area (Å²) >= 11 is 0. The Labute approximate surface area is 210 Å². The lowest BCUT2D eigenvalue weighted by molar-refractivity contribution is -0.161. The first-order valence-corrected chi connectivity index (χ1v) is 20.3. The van der Waals surface area contributed by atoms with Crippen molar-refractivity contribution < 1.29 is 23.9 Å². The molecule has 0 aliphatic carbocycles. The molecule has 1 rings (SSSR count). The first-order chi connectivity index (χ1) is 15.3. The van der Waals surface area contributed by atoms with Gasteiger partial charge in [-0.1, -0.05) is 46.2 Å². The molecule has 1 fully saturated rings. The number of nitrogens with zero attached hydrogens (tertiary/aromatic N) is 1. The quantitative estimate of drug-likeness (QED) is 0.224. The van der Waals surface area contributed by atoms with Crippen LogP contribution in [0.4, 0.5) is 0 Å².